The molecule has 2 unspecified atom stereocenters. The highest BCUT2D eigenvalue weighted by Crippen LogP contribution is 2.08. The number of hydrogen-bond donors (Lipinski definition) is 2. The fourth-order valence-electron chi connectivity index (χ4n) is 4.35. The highest BCUT2D eigenvalue weighted by molar-refractivity contribution is 5.71. The van der Waals surface area contributed by atoms with Gasteiger partial charge >= 0.3 is 23.9 Å². The molecule has 2 N–H and O–H groups in total. The summed E-state index contributed by atoms with van der Waals surface area (Å²) in [5.74, 6) is -1.31. The Balaban J connectivity index is 4.51. The maximum atomic E-state index is 12.5. The molecule has 0 saturated heterocycles. The Morgan fingerprint density at radius 2 is 1.00 bits per heavy atom. The Hall–Kier alpha value is -2.32. The number of ether oxygens (including phenoxy) is 5. The van der Waals surface area contributed by atoms with Gasteiger partial charge < -0.3 is 43.7 Å². The van der Waals surface area contributed by atoms with E-state index < -0.39 is 6.10 Å². The molecular formula is C33H62N2O11. The molecule has 0 aromatic rings. The highest BCUT2D eigenvalue weighted by Gasteiger charge is 2.16. The van der Waals surface area contributed by atoms with Gasteiger partial charge in [-0.2, -0.15) is 0 Å². The number of carbonyl (C=O) groups excluding carboxylic acids is 4. The standard InChI is InChI=1S/C33H62N2O11/c1-5-28(2)45-32(40)14-21-34(17-8-6-10-23-36)19-12-30(38)43-25-16-29(3)46-33(41)15-22-35(18-9-7-11-24-37)20-13-31(39)44-27-26-42-4/h28-29,36-37H,5-27H2,1-4H3. The molecule has 13 heteroatoms. The van der Waals surface area contributed by atoms with Crippen LogP contribution in [-0.2, 0) is 42.9 Å². The van der Waals surface area contributed by atoms with Crippen LogP contribution in [0.4, 0.5) is 0 Å². The van der Waals surface area contributed by atoms with E-state index in [1.165, 1.54) is 7.11 Å². The van der Waals surface area contributed by atoms with Gasteiger partial charge in [-0.3, -0.25) is 19.2 Å². The first-order valence-corrected chi connectivity index (χ1v) is 17.0. The number of esters is 4. The monoisotopic (exact) mass is 662 g/mol. The fourth-order valence-corrected chi connectivity index (χ4v) is 4.35. The largest absolute Gasteiger partial charge is 0.465 e. The van der Waals surface area contributed by atoms with Crippen molar-refractivity contribution in [2.75, 3.05) is 79.4 Å². The maximum absolute atomic E-state index is 12.5. The number of hydrogen-bond acceptors (Lipinski definition) is 13. The van der Waals surface area contributed by atoms with Crippen LogP contribution in [0.3, 0.4) is 0 Å². The second kappa shape index (κ2) is 30.0. The van der Waals surface area contributed by atoms with Gasteiger partial charge in [-0.15, -0.1) is 0 Å². The average molecular weight is 663 g/mol. The van der Waals surface area contributed by atoms with Crippen LogP contribution < -0.4 is 0 Å². The fraction of sp³-hybridized carbons (Fsp3) is 0.879. The van der Waals surface area contributed by atoms with Crippen LogP contribution >= 0.6 is 0 Å². The van der Waals surface area contributed by atoms with Crippen LogP contribution in [0, 0.1) is 0 Å². The third kappa shape index (κ3) is 26.9. The quantitative estimate of drug-likeness (QED) is 0.0634. The van der Waals surface area contributed by atoms with Crippen molar-refractivity contribution in [3.8, 4) is 0 Å². The van der Waals surface area contributed by atoms with Crippen LogP contribution in [0.5, 0.6) is 0 Å². The van der Waals surface area contributed by atoms with Gasteiger partial charge in [-0.25, -0.2) is 0 Å². The first-order chi connectivity index (χ1) is 22.1. The third-order valence-electron chi connectivity index (χ3n) is 7.37. The lowest BCUT2D eigenvalue weighted by atomic mass is 10.2. The van der Waals surface area contributed by atoms with Gasteiger partial charge in [-0.1, -0.05) is 6.92 Å². The summed E-state index contributed by atoms with van der Waals surface area (Å²) in [6.45, 7) is 9.68. The summed E-state index contributed by atoms with van der Waals surface area (Å²) >= 11 is 0. The average Bonchev–Trinajstić information content (AvgIpc) is 3.03. The van der Waals surface area contributed by atoms with Gasteiger partial charge in [0.15, 0.2) is 0 Å². The minimum atomic E-state index is -0.436. The Labute approximate surface area is 276 Å². The molecule has 0 aromatic carbocycles. The van der Waals surface area contributed by atoms with Crippen molar-refractivity contribution >= 4 is 23.9 Å². The molecule has 0 aromatic heterocycles. The zero-order valence-electron chi connectivity index (χ0n) is 28.9. The summed E-state index contributed by atoms with van der Waals surface area (Å²) in [5.41, 5.74) is 0. The first kappa shape index (κ1) is 43.7. The third-order valence-corrected chi connectivity index (χ3v) is 7.37. The Morgan fingerprint density at radius 3 is 1.43 bits per heavy atom. The molecular weight excluding hydrogens is 600 g/mol. The van der Waals surface area contributed by atoms with E-state index >= 15 is 0 Å². The molecule has 270 valence electrons. The first-order valence-electron chi connectivity index (χ1n) is 17.0. The van der Waals surface area contributed by atoms with E-state index in [2.05, 4.69) is 0 Å². The van der Waals surface area contributed by atoms with E-state index in [0.717, 1.165) is 32.1 Å². The molecule has 0 saturated carbocycles. The van der Waals surface area contributed by atoms with Gasteiger partial charge in [0.05, 0.1) is 45.0 Å². The number of rotatable bonds is 31. The van der Waals surface area contributed by atoms with Crippen molar-refractivity contribution < 1.29 is 53.1 Å². The second-order valence-corrected chi connectivity index (χ2v) is 11.5. The highest BCUT2D eigenvalue weighted by atomic mass is 16.6. The Kier molecular flexibility index (Phi) is 28.5. The van der Waals surface area contributed by atoms with Crippen LogP contribution in [0.15, 0.2) is 0 Å². The minimum Gasteiger partial charge on any atom is -0.465 e. The molecule has 0 fully saturated rings. The molecule has 0 radical (unpaired) electrons. The number of unbranched alkanes of at least 4 members (excludes halogenated alkanes) is 4. The zero-order chi connectivity index (χ0) is 34.4. The summed E-state index contributed by atoms with van der Waals surface area (Å²) < 4.78 is 26.2. The lowest BCUT2D eigenvalue weighted by Gasteiger charge is -2.22. The summed E-state index contributed by atoms with van der Waals surface area (Å²) in [4.78, 5) is 53.0. The smallest absolute Gasteiger partial charge is 0.307 e. The van der Waals surface area contributed by atoms with Crippen molar-refractivity contribution in [2.45, 2.75) is 110 Å². The summed E-state index contributed by atoms with van der Waals surface area (Å²) in [7, 11) is 1.54. The van der Waals surface area contributed by atoms with Crippen molar-refractivity contribution in [3.05, 3.63) is 0 Å². The van der Waals surface area contributed by atoms with Crippen LogP contribution in [0.25, 0.3) is 0 Å². The zero-order valence-corrected chi connectivity index (χ0v) is 28.9. The SMILES string of the molecule is CCC(C)OC(=O)CCN(CCCCCO)CCC(=O)OCCC(C)OC(=O)CCN(CCCCCO)CCC(=O)OCCOC. The molecule has 0 amide bonds. The predicted molar refractivity (Wildman–Crippen MR) is 173 cm³/mol. The van der Waals surface area contributed by atoms with Crippen molar-refractivity contribution in [3.63, 3.8) is 0 Å². The molecule has 0 aliphatic rings. The normalized spacial score (nSPS) is 12.6. The van der Waals surface area contributed by atoms with Gasteiger partial charge in [0, 0.05) is 52.9 Å². The molecule has 0 aliphatic carbocycles. The summed E-state index contributed by atoms with van der Waals surface area (Å²) in [5, 5.41) is 18.1. The topological polar surface area (TPSA) is 161 Å². The second-order valence-electron chi connectivity index (χ2n) is 11.5. The van der Waals surface area contributed by atoms with E-state index in [1.807, 2.05) is 23.6 Å². The number of aliphatic hydroxyl groups excluding tert-OH is 2. The van der Waals surface area contributed by atoms with Crippen molar-refractivity contribution in [1.29, 1.82) is 0 Å². The maximum Gasteiger partial charge on any atom is 0.307 e. The summed E-state index contributed by atoms with van der Waals surface area (Å²) in [6.07, 6.45) is 6.13. The molecule has 0 aliphatic heterocycles. The number of aliphatic hydroxyl groups is 2. The van der Waals surface area contributed by atoms with Gasteiger partial charge in [-0.05, 0) is 71.9 Å². The summed E-state index contributed by atoms with van der Waals surface area (Å²) in [6, 6.07) is 0. The number of methoxy groups -OCH3 is 1. The van der Waals surface area contributed by atoms with E-state index in [9.17, 15) is 19.2 Å². The Morgan fingerprint density at radius 1 is 0.565 bits per heavy atom. The molecule has 2 atom stereocenters. The Bertz CT molecular complexity index is 800. The van der Waals surface area contributed by atoms with Crippen LogP contribution in [-0.4, -0.2) is 136 Å². The molecule has 0 bridgehead atoms. The van der Waals surface area contributed by atoms with E-state index in [-0.39, 0.29) is 82.1 Å². The molecule has 46 heavy (non-hydrogen) atoms. The number of carbonyl (C=O) groups is 4. The van der Waals surface area contributed by atoms with Gasteiger partial charge in [0.1, 0.15) is 12.7 Å². The van der Waals surface area contributed by atoms with E-state index in [4.69, 9.17) is 33.9 Å². The molecule has 0 rings (SSSR count). The molecule has 13 nitrogen and oxygen atoms in total. The number of nitrogens with zero attached hydrogens (tertiary/aromatic N) is 2. The van der Waals surface area contributed by atoms with Crippen LogP contribution in [0.1, 0.15) is 97.8 Å². The van der Waals surface area contributed by atoms with Crippen molar-refractivity contribution in [1.82, 2.24) is 9.80 Å². The van der Waals surface area contributed by atoms with Crippen LogP contribution in [0.2, 0.25) is 0 Å². The minimum absolute atomic E-state index is 0.118. The molecule has 0 spiro atoms. The van der Waals surface area contributed by atoms with Gasteiger partial charge in [0.25, 0.3) is 0 Å². The molecule has 0 heterocycles. The lowest BCUT2D eigenvalue weighted by molar-refractivity contribution is -0.151. The van der Waals surface area contributed by atoms with E-state index in [0.29, 0.717) is 65.1 Å². The van der Waals surface area contributed by atoms with E-state index in [1.54, 1.807) is 6.92 Å². The lowest BCUT2D eigenvalue weighted by Crippen LogP contribution is -2.31. The van der Waals surface area contributed by atoms with Crippen molar-refractivity contribution in [2.24, 2.45) is 0 Å². The van der Waals surface area contributed by atoms with Gasteiger partial charge in [0.2, 0.25) is 0 Å². The predicted octanol–water partition coefficient (Wildman–Crippen LogP) is 2.87.